The molecule has 33 heavy (non-hydrogen) atoms. The summed E-state index contributed by atoms with van der Waals surface area (Å²) in [7, 11) is 1.62. The summed E-state index contributed by atoms with van der Waals surface area (Å²) in [6.07, 6.45) is 5.37. The Morgan fingerprint density at radius 1 is 1.36 bits per heavy atom. The third-order valence-corrected chi connectivity index (χ3v) is 6.59. The highest BCUT2D eigenvalue weighted by Gasteiger charge is 2.33. The third-order valence-electron chi connectivity index (χ3n) is 5.53. The van der Waals surface area contributed by atoms with Gasteiger partial charge in [0, 0.05) is 48.2 Å². The van der Waals surface area contributed by atoms with Crippen molar-refractivity contribution in [3.8, 4) is 5.69 Å². The van der Waals surface area contributed by atoms with E-state index in [1.165, 1.54) is 0 Å². The molecule has 1 aromatic carbocycles. The van der Waals surface area contributed by atoms with Crippen LogP contribution in [0, 0.1) is 6.92 Å². The summed E-state index contributed by atoms with van der Waals surface area (Å²) in [5.41, 5.74) is 8.86. The monoisotopic (exact) mass is 464 g/mol. The summed E-state index contributed by atoms with van der Waals surface area (Å²) in [5.74, 6) is 0.686. The molecule has 2 aromatic heterocycles. The van der Waals surface area contributed by atoms with Crippen LogP contribution in [0.4, 0.5) is 0 Å². The predicted molar refractivity (Wildman–Crippen MR) is 131 cm³/mol. The summed E-state index contributed by atoms with van der Waals surface area (Å²) in [5, 5.41) is 7.33. The summed E-state index contributed by atoms with van der Waals surface area (Å²) >= 11 is 1.61. The number of carbonyl (C=O) groups excluding carboxylic acids is 1. The molecule has 2 N–H and O–H groups in total. The Morgan fingerprint density at radius 3 is 2.79 bits per heavy atom. The van der Waals surface area contributed by atoms with E-state index >= 15 is 0 Å². The number of thiazole rings is 1. The van der Waals surface area contributed by atoms with Gasteiger partial charge in [-0.05, 0) is 51.0 Å². The van der Waals surface area contributed by atoms with Crippen LogP contribution in [-0.4, -0.2) is 51.1 Å². The molecule has 0 radical (unpaired) electrons. The van der Waals surface area contributed by atoms with Crippen LogP contribution in [0.1, 0.15) is 52.4 Å². The van der Waals surface area contributed by atoms with E-state index in [1.807, 2.05) is 41.6 Å². The van der Waals surface area contributed by atoms with Crippen LogP contribution >= 0.6 is 11.3 Å². The summed E-state index contributed by atoms with van der Waals surface area (Å²) in [6.45, 7) is 8.52. The molecule has 2 atom stereocenters. The topological polar surface area (TPSA) is 98.6 Å². The summed E-state index contributed by atoms with van der Waals surface area (Å²) in [4.78, 5) is 24.3. The van der Waals surface area contributed by atoms with E-state index in [2.05, 4.69) is 21.7 Å². The van der Waals surface area contributed by atoms with Crippen LogP contribution in [0.5, 0.6) is 0 Å². The van der Waals surface area contributed by atoms with Crippen molar-refractivity contribution in [2.45, 2.75) is 38.8 Å². The highest BCUT2D eigenvalue weighted by Crippen LogP contribution is 2.35. The maximum Gasteiger partial charge on any atom is 0.254 e. The molecule has 1 aliphatic heterocycles. The fourth-order valence-electron chi connectivity index (χ4n) is 3.93. The van der Waals surface area contributed by atoms with Gasteiger partial charge in [0.05, 0.1) is 17.8 Å². The first-order valence-corrected chi connectivity index (χ1v) is 11.7. The molecule has 0 aliphatic carbocycles. The van der Waals surface area contributed by atoms with Gasteiger partial charge < -0.3 is 15.4 Å². The van der Waals surface area contributed by atoms with E-state index in [0.717, 1.165) is 29.2 Å². The largest absolute Gasteiger partial charge is 0.442 e. The lowest BCUT2D eigenvalue weighted by Crippen LogP contribution is -2.31. The smallest absolute Gasteiger partial charge is 0.254 e. The van der Waals surface area contributed by atoms with Crippen LogP contribution in [0.3, 0.4) is 0 Å². The van der Waals surface area contributed by atoms with Crippen molar-refractivity contribution in [1.29, 1.82) is 0 Å². The van der Waals surface area contributed by atoms with Crippen molar-refractivity contribution in [2.75, 3.05) is 13.6 Å². The van der Waals surface area contributed by atoms with E-state index in [-0.39, 0.29) is 18.0 Å². The lowest BCUT2D eigenvalue weighted by molar-refractivity contribution is 0.0735. The van der Waals surface area contributed by atoms with E-state index in [1.54, 1.807) is 42.3 Å². The molecule has 1 fully saturated rings. The molecule has 3 heterocycles. The van der Waals surface area contributed by atoms with Gasteiger partial charge >= 0.3 is 0 Å². The molecule has 0 bridgehead atoms. The Hall–Kier alpha value is -3.30. The van der Waals surface area contributed by atoms with Crippen molar-refractivity contribution in [3.63, 3.8) is 0 Å². The standard InChI is InChI=1S/C24H28N6O2S/c1-15-14-33-23(28-15)21-7-5-9-29(21)24(31)19-11-18(17(3)32-22(26-4)16(2)25)12-20(13-19)30-10-6-8-27-30/h6,8,10-14,16,21H,3,5,7,9,25H2,1-2,4H3/t16-,21+/m0/s1. The molecule has 4 rings (SSSR count). The highest BCUT2D eigenvalue weighted by atomic mass is 32.1. The van der Waals surface area contributed by atoms with Crippen LogP contribution < -0.4 is 5.73 Å². The first kappa shape index (κ1) is 22.9. The van der Waals surface area contributed by atoms with Crippen LogP contribution in [0.2, 0.25) is 0 Å². The molecule has 1 amide bonds. The summed E-state index contributed by atoms with van der Waals surface area (Å²) in [6, 6.07) is 6.97. The van der Waals surface area contributed by atoms with Gasteiger partial charge in [-0.1, -0.05) is 6.58 Å². The number of nitrogens with two attached hydrogens (primary N) is 1. The number of likely N-dealkylation sites (tertiary alicyclic amines) is 1. The molecular weight excluding hydrogens is 436 g/mol. The molecule has 0 saturated carbocycles. The number of aryl methyl sites for hydroxylation is 1. The first-order valence-electron chi connectivity index (χ1n) is 10.8. The van der Waals surface area contributed by atoms with E-state index < -0.39 is 0 Å². The number of aromatic nitrogens is 3. The highest BCUT2D eigenvalue weighted by molar-refractivity contribution is 7.09. The fraction of sp³-hybridized carbons (Fsp3) is 0.333. The van der Waals surface area contributed by atoms with Gasteiger partial charge in [0.15, 0.2) is 0 Å². The second-order valence-corrected chi connectivity index (χ2v) is 8.97. The number of aliphatic imine (C=N–C) groups is 1. The Balaban J connectivity index is 1.70. The number of amides is 1. The Morgan fingerprint density at radius 2 is 2.15 bits per heavy atom. The Labute approximate surface area is 197 Å². The second-order valence-electron chi connectivity index (χ2n) is 8.08. The van der Waals surface area contributed by atoms with Crippen LogP contribution in [-0.2, 0) is 4.74 Å². The van der Waals surface area contributed by atoms with Crippen molar-refractivity contribution in [1.82, 2.24) is 19.7 Å². The predicted octanol–water partition coefficient (Wildman–Crippen LogP) is 3.98. The average molecular weight is 465 g/mol. The zero-order valence-electron chi connectivity index (χ0n) is 19.1. The zero-order chi connectivity index (χ0) is 23.5. The van der Waals surface area contributed by atoms with Gasteiger partial charge in [-0.2, -0.15) is 5.10 Å². The number of hydrogen-bond acceptors (Lipinski definition) is 7. The fourth-order valence-corrected chi connectivity index (χ4v) is 4.88. The number of nitrogens with zero attached hydrogens (tertiary/aromatic N) is 5. The van der Waals surface area contributed by atoms with Gasteiger partial charge in [0.25, 0.3) is 5.91 Å². The minimum absolute atomic E-state index is 0.00984. The molecular formula is C24H28N6O2S. The molecule has 1 saturated heterocycles. The molecule has 0 spiro atoms. The lowest BCUT2D eigenvalue weighted by atomic mass is 10.1. The molecule has 1 aliphatic rings. The number of hydrogen-bond donors (Lipinski definition) is 1. The molecule has 8 nitrogen and oxygen atoms in total. The Bertz CT molecular complexity index is 1180. The lowest BCUT2D eigenvalue weighted by Gasteiger charge is -2.24. The van der Waals surface area contributed by atoms with Crippen molar-refractivity contribution in [3.05, 3.63) is 70.4 Å². The molecule has 3 aromatic rings. The summed E-state index contributed by atoms with van der Waals surface area (Å²) < 4.78 is 7.55. The van der Waals surface area contributed by atoms with Gasteiger partial charge in [-0.25, -0.2) is 9.67 Å². The van der Waals surface area contributed by atoms with E-state index in [0.29, 0.717) is 29.3 Å². The van der Waals surface area contributed by atoms with Crippen molar-refractivity contribution < 1.29 is 9.53 Å². The number of carbonyl (C=O) groups is 1. The van der Waals surface area contributed by atoms with Gasteiger partial charge in [-0.3, -0.25) is 9.79 Å². The van der Waals surface area contributed by atoms with Crippen molar-refractivity contribution in [2.24, 2.45) is 10.7 Å². The van der Waals surface area contributed by atoms with Crippen LogP contribution in [0.15, 0.2) is 53.6 Å². The maximum absolute atomic E-state index is 13.7. The third kappa shape index (κ3) is 4.89. The molecule has 0 unspecified atom stereocenters. The van der Waals surface area contributed by atoms with E-state index in [4.69, 9.17) is 10.5 Å². The SMILES string of the molecule is C=C(OC(=NC)[C@H](C)N)c1cc(C(=O)N2CCC[C@@H]2c2nc(C)cs2)cc(-n2cccn2)c1. The molecule has 9 heteroatoms. The van der Waals surface area contributed by atoms with Gasteiger partial charge in [0.2, 0.25) is 5.90 Å². The normalized spacial score (nSPS) is 17.3. The molecule has 172 valence electrons. The van der Waals surface area contributed by atoms with Crippen molar-refractivity contribution >= 4 is 28.9 Å². The quantitative estimate of drug-likeness (QED) is 0.338. The van der Waals surface area contributed by atoms with Gasteiger partial charge in [0.1, 0.15) is 10.8 Å². The minimum atomic E-state index is -0.380. The van der Waals surface area contributed by atoms with Gasteiger partial charge in [-0.15, -0.1) is 11.3 Å². The number of rotatable bonds is 6. The Kier molecular flexibility index (Phi) is 6.71. The average Bonchev–Trinajstić information content (AvgIpc) is 3.57. The zero-order valence-corrected chi connectivity index (χ0v) is 19.9. The number of benzene rings is 1. The van der Waals surface area contributed by atoms with E-state index in [9.17, 15) is 4.79 Å². The van der Waals surface area contributed by atoms with Crippen LogP contribution in [0.25, 0.3) is 11.4 Å². The number of ether oxygens (including phenoxy) is 1. The second kappa shape index (κ2) is 9.68. The maximum atomic E-state index is 13.7. The first-order chi connectivity index (χ1) is 15.9. The minimum Gasteiger partial charge on any atom is -0.442 e.